The summed E-state index contributed by atoms with van der Waals surface area (Å²) >= 11 is 0. The highest BCUT2D eigenvalue weighted by Crippen LogP contribution is 2.14. The molecule has 0 aromatic rings. The zero-order valence-electron chi connectivity index (χ0n) is 16.6. The van der Waals surface area contributed by atoms with Gasteiger partial charge in [-0.15, -0.1) is 0 Å². The second-order valence-corrected chi connectivity index (χ2v) is 7.00. The van der Waals surface area contributed by atoms with E-state index >= 15 is 0 Å². The number of nitrogens with one attached hydrogen (secondary N) is 1. The molecule has 0 aromatic carbocycles. The van der Waals surface area contributed by atoms with Gasteiger partial charge in [-0.2, -0.15) is 0 Å². The summed E-state index contributed by atoms with van der Waals surface area (Å²) in [7, 11) is 0. The third kappa shape index (κ3) is 12.0. The zero-order valence-corrected chi connectivity index (χ0v) is 16.6. The number of rotatable bonds is 16. The first-order valence-electron chi connectivity index (χ1n) is 10.1. The summed E-state index contributed by atoms with van der Waals surface area (Å²) in [6.07, 6.45) is 8.40. The lowest BCUT2D eigenvalue weighted by atomic mass is 9.99. The Bertz CT molecular complexity index is 360. The van der Waals surface area contributed by atoms with Gasteiger partial charge in [0.05, 0.1) is 25.0 Å². The van der Waals surface area contributed by atoms with Crippen LogP contribution in [0.3, 0.4) is 0 Å². The first kappa shape index (κ1) is 23.9. The summed E-state index contributed by atoms with van der Waals surface area (Å²) in [4.78, 5) is 23.3. The summed E-state index contributed by atoms with van der Waals surface area (Å²) in [6.45, 7) is 9.44. The van der Waals surface area contributed by atoms with Crippen LogP contribution in [0, 0.1) is 11.8 Å². The second kappa shape index (κ2) is 15.2. The Balaban J connectivity index is 4.31. The highest BCUT2D eigenvalue weighted by Gasteiger charge is 2.18. The molecule has 0 saturated carbocycles. The van der Waals surface area contributed by atoms with Gasteiger partial charge in [-0.25, -0.2) is 0 Å². The number of unbranched alkanes of at least 4 members (excludes halogenated alkanes) is 2. The second-order valence-electron chi connectivity index (χ2n) is 7.00. The quantitative estimate of drug-likeness (QED) is 0.430. The maximum Gasteiger partial charge on any atom is 0.307 e. The van der Waals surface area contributed by atoms with Crippen LogP contribution in [0.1, 0.15) is 85.5 Å². The van der Waals surface area contributed by atoms with Crippen LogP contribution in [0.15, 0.2) is 0 Å². The fraction of sp³-hybridized carbons (Fsp3) is 0.900. The Labute approximate surface area is 153 Å². The van der Waals surface area contributed by atoms with Gasteiger partial charge in [0.25, 0.3) is 0 Å². The molecule has 0 amide bonds. The maximum absolute atomic E-state index is 12.0. The van der Waals surface area contributed by atoms with E-state index < -0.39 is 18.0 Å². The van der Waals surface area contributed by atoms with Crippen molar-refractivity contribution in [3.8, 4) is 0 Å². The highest BCUT2D eigenvalue weighted by molar-refractivity contribution is 5.80. The molecule has 0 fully saturated rings. The van der Waals surface area contributed by atoms with E-state index in [1.54, 1.807) is 0 Å². The van der Waals surface area contributed by atoms with Gasteiger partial charge in [0.2, 0.25) is 0 Å². The predicted octanol–water partition coefficient (Wildman–Crippen LogP) is 3.06. The van der Waals surface area contributed by atoms with Crippen LogP contribution in [0.25, 0.3) is 0 Å². The zero-order chi connectivity index (χ0) is 19.1. The van der Waals surface area contributed by atoms with Crippen molar-refractivity contribution in [3.05, 3.63) is 0 Å². The lowest BCUT2D eigenvalue weighted by Crippen LogP contribution is -2.48. The van der Waals surface area contributed by atoms with Crippen LogP contribution in [-0.4, -0.2) is 31.1 Å². The molecule has 3 atom stereocenters. The van der Waals surface area contributed by atoms with Gasteiger partial charge >= 0.3 is 5.97 Å². The Kier molecular flexibility index (Phi) is 14.5. The molecule has 1 N–H and O–H groups in total. The Hall–Kier alpha value is -1.10. The van der Waals surface area contributed by atoms with Crippen molar-refractivity contribution < 1.29 is 19.4 Å². The number of aliphatic carboxylic acids is 1. The van der Waals surface area contributed by atoms with Crippen molar-refractivity contribution in [1.82, 2.24) is 5.32 Å². The van der Waals surface area contributed by atoms with Crippen molar-refractivity contribution in [2.24, 2.45) is 11.8 Å². The van der Waals surface area contributed by atoms with Crippen LogP contribution in [0.4, 0.5) is 0 Å². The van der Waals surface area contributed by atoms with E-state index in [2.05, 4.69) is 33.0 Å². The van der Waals surface area contributed by atoms with Crippen LogP contribution < -0.4 is 10.4 Å². The van der Waals surface area contributed by atoms with Gasteiger partial charge in [-0.1, -0.05) is 66.2 Å². The van der Waals surface area contributed by atoms with E-state index in [4.69, 9.17) is 4.74 Å². The minimum absolute atomic E-state index is 0.170. The third-order valence-corrected chi connectivity index (χ3v) is 4.87. The number of carboxylic acid groups (broad SMARTS) is 1. The molecule has 0 saturated heterocycles. The summed E-state index contributed by atoms with van der Waals surface area (Å²) in [5.41, 5.74) is 0. The molecule has 0 aliphatic heterocycles. The third-order valence-electron chi connectivity index (χ3n) is 4.87. The first-order chi connectivity index (χ1) is 12.0. The monoisotopic (exact) mass is 356 g/mol. The number of hydrogen-bond acceptors (Lipinski definition) is 5. The fourth-order valence-electron chi connectivity index (χ4n) is 2.83. The summed E-state index contributed by atoms with van der Waals surface area (Å²) in [6, 6.07) is -0.973. The molecule has 148 valence electrons. The average Bonchev–Trinajstić information content (AvgIpc) is 2.60. The van der Waals surface area contributed by atoms with Crippen LogP contribution in [0.5, 0.6) is 0 Å². The van der Waals surface area contributed by atoms with Gasteiger partial charge in [-0.3, -0.25) is 4.79 Å². The normalized spacial score (nSPS) is 14.7. The minimum Gasteiger partial charge on any atom is -0.548 e. The van der Waals surface area contributed by atoms with Crippen molar-refractivity contribution in [2.45, 2.75) is 91.5 Å². The summed E-state index contributed by atoms with van der Waals surface area (Å²) in [5, 5.41) is 14.3. The molecular weight excluding hydrogens is 318 g/mol. The van der Waals surface area contributed by atoms with E-state index in [0.29, 0.717) is 25.0 Å². The fourth-order valence-corrected chi connectivity index (χ4v) is 2.83. The van der Waals surface area contributed by atoms with E-state index in [1.165, 1.54) is 0 Å². The molecule has 0 radical (unpaired) electrons. The van der Waals surface area contributed by atoms with Gasteiger partial charge in [-0.05, 0) is 31.2 Å². The van der Waals surface area contributed by atoms with E-state index in [1.807, 2.05) is 0 Å². The predicted molar refractivity (Wildman–Crippen MR) is 99.0 cm³/mol. The molecule has 5 nitrogen and oxygen atoms in total. The molecular formula is C20H38NO4-. The smallest absolute Gasteiger partial charge is 0.307 e. The number of esters is 1. The van der Waals surface area contributed by atoms with Gasteiger partial charge in [0.1, 0.15) is 0 Å². The molecule has 0 aliphatic carbocycles. The van der Waals surface area contributed by atoms with Gasteiger partial charge in [0.15, 0.2) is 0 Å². The molecule has 0 heterocycles. The van der Waals surface area contributed by atoms with E-state index in [9.17, 15) is 14.7 Å². The topological polar surface area (TPSA) is 78.5 Å². The lowest BCUT2D eigenvalue weighted by molar-refractivity contribution is -0.308. The summed E-state index contributed by atoms with van der Waals surface area (Å²) in [5.74, 6) is -0.910. The molecule has 0 bridgehead atoms. The maximum atomic E-state index is 12.0. The molecule has 2 unspecified atom stereocenters. The van der Waals surface area contributed by atoms with Crippen LogP contribution in [0.2, 0.25) is 0 Å². The summed E-state index contributed by atoms with van der Waals surface area (Å²) < 4.78 is 5.30. The van der Waals surface area contributed by atoms with Crippen molar-refractivity contribution in [2.75, 3.05) is 13.2 Å². The van der Waals surface area contributed by atoms with E-state index in [-0.39, 0.29) is 6.42 Å². The number of ether oxygens (including phenoxy) is 1. The SMILES string of the molecule is CCCCC(CC)CN[C@@H](CC(=O)OCC(CC)CCCC)C(=O)[O-]. The first-order valence-corrected chi connectivity index (χ1v) is 10.1. The Morgan fingerprint density at radius 3 is 2.00 bits per heavy atom. The highest BCUT2D eigenvalue weighted by atomic mass is 16.5. The number of hydrogen-bond donors (Lipinski definition) is 1. The van der Waals surface area contributed by atoms with Gasteiger partial charge in [0, 0.05) is 0 Å². The Morgan fingerprint density at radius 2 is 1.52 bits per heavy atom. The minimum atomic E-state index is -1.24. The lowest BCUT2D eigenvalue weighted by Gasteiger charge is -2.23. The van der Waals surface area contributed by atoms with Crippen molar-refractivity contribution in [1.29, 1.82) is 0 Å². The standard InChI is InChI=1S/C20H39NO4/c1-5-9-11-16(7-3)14-21-18(20(23)24)13-19(22)25-15-17(8-4)12-10-6-2/h16-18,21H,5-15H2,1-4H3,(H,23,24)/p-1/t16?,17?,18-/m0/s1. The molecule has 0 aliphatic rings. The molecule has 0 spiro atoms. The van der Waals surface area contributed by atoms with Crippen molar-refractivity contribution in [3.63, 3.8) is 0 Å². The van der Waals surface area contributed by atoms with Crippen LogP contribution >= 0.6 is 0 Å². The molecule has 0 aromatic heterocycles. The Morgan fingerprint density at radius 1 is 0.960 bits per heavy atom. The molecule has 5 heteroatoms. The van der Waals surface area contributed by atoms with E-state index in [0.717, 1.165) is 51.4 Å². The molecule has 0 rings (SSSR count). The molecule has 25 heavy (non-hydrogen) atoms. The van der Waals surface area contributed by atoms with Gasteiger partial charge < -0.3 is 20.0 Å². The average molecular weight is 357 g/mol. The largest absolute Gasteiger partial charge is 0.548 e. The van der Waals surface area contributed by atoms with Crippen molar-refractivity contribution >= 4 is 11.9 Å². The number of carboxylic acids is 1. The number of carbonyl (C=O) groups is 2. The number of carbonyl (C=O) groups excluding carboxylic acids is 2. The van der Waals surface area contributed by atoms with Crippen LogP contribution in [-0.2, 0) is 14.3 Å².